The first-order valence-electron chi connectivity index (χ1n) is 4.74. The Bertz CT molecular complexity index is 385. The maximum absolute atomic E-state index is 10.7. The van der Waals surface area contributed by atoms with Gasteiger partial charge in [-0.2, -0.15) is 0 Å². The van der Waals surface area contributed by atoms with Crippen LogP contribution >= 0.6 is 0 Å². The topological polar surface area (TPSA) is 106 Å². The van der Waals surface area contributed by atoms with Crippen LogP contribution in [0.4, 0.5) is 5.69 Å². The molecule has 86 valence electrons. The zero-order valence-corrected chi connectivity index (χ0v) is 8.51. The van der Waals surface area contributed by atoms with E-state index in [2.05, 4.69) is 0 Å². The third kappa shape index (κ3) is 3.61. The van der Waals surface area contributed by atoms with Crippen molar-refractivity contribution in [1.29, 1.82) is 0 Å². The maximum atomic E-state index is 10.7. The minimum absolute atomic E-state index is 0.0938. The number of carboxylic acids is 2. The van der Waals surface area contributed by atoms with Gasteiger partial charge in [-0.05, 0) is 30.5 Å². The molecule has 0 fully saturated rings. The van der Waals surface area contributed by atoms with E-state index in [4.69, 9.17) is 5.73 Å². The molecule has 0 unspecified atom stereocenters. The molecule has 1 atom stereocenters. The number of aliphatic carboxylic acids is 2. The van der Waals surface area contributed by atoms with Gasteiger partial charge in [0.2, 0.25) is 0 Å². The monoisotopic (exact) mass is 221 g/mol. The number of hydrogen-bond acceptors (Lipinski definition) is 5. The molecule has 0 aromatic heterocycles. The summed E-state index contributed by atoms with van der Waals surface area (Å²) in [5.74, 6) is -3.86. The first kappa shape index (κ1) is 12.0. The van der Waals surface area contributed by atoms with Crippen molar-refractivity contribution in [2.45, 2.75) is 12.8 Å². The van der Waals surface area contributed by atoms with Crippen molar-refractivity contribution in [1.82, 2.24) is 0 Å². The van der Waals surface area contributed by atoms with E-state index in [9.17, 15) is 19.8 Å². The quantitative estimate of drug-likeness (QED) is 0.597. The minimum atomic E-state index is -1.40. The van der Waals surface area contributed by atoms with Crippen LogP contribution < -0.4 is 15.9 Å². The SMILES string of the molecule is Nc1ccc(C[C@@H](CC(=O)[O-])C(=O)[O-])cc1. The Morgan fingerprint density at radius 2 is 1.75 bits per heavy atom. The molecule has 0 aliphatic carbocycles. The Hall–Kier alpha value is -2.04. The standard InChI is InChI=1S/C11H13NO4/c12-9-3-1-7(2-4-9)5-8(11(15)16)6-10(13)14/h1-4,8H,5-6,12H2,(H,13,14)(H,15,16)/p-2/t8-/m0/s1. The lowest BCUT2D eigenvalue weighted by Gasteiger charge is -2.18. The summed E-state index contributed by atoms with van der Waals surface area (Å²) in [6.07, 6.45) is -0.455. The average Bonchev–Trinajstić information content (AvgIpc) is 2.19. The molecule has 2 N–H and O–H groups in total. The molecule has 0 aliphatic heterocycles. The number of carbonyl (C=O) groups is 2. The number of rotatable bonds is 5. The van der Waals surface area contributed by atoms with Crippen molar-refractivity contribution in [3.8, 4) is 0 Å². The van der Waals surface area contributed by atoms with Gasteiger partial charge in [-0.3, -0.25) is 0 Å². The lowest BCUT2D eigenvalue weighted by molar-refractivity contribution is -0.320. The van der Waals surface area contributed by atoms with Crippen molar-refractivity contribution < 1.29 is 19.8 Å². The van der Waals surface area contributed by atoms with Gasteiger partial charge in [-0.1, -0.05) is 12.1 Å². The van der Waals surface area contributed by atoms with Crippen LogP contribution in [0, 0.1) is 5.92 Å². The summed E-state index contributed by atoms with van der Waals surface area (Å²) in [5, 5.41) is 21.0. The summed E-state index contributed by atoms with van der Waals surface area (Å²) in [6.45, 7) is 0. The van der Waals surface area contributed by atoms with Crippen LogP contribution in [0.3, 0.4) is 0 Å². The molecule has 1 aromatic rings. The number of hydrogen-bond donors (Lipinski definition) is 1. The Labute approximate surface area is 92.5 Å². The molecule has 0 saturated carbocycles. The zero-order valence-electron chi connectivity index (χ0n) is 8.51. The van der Waals surface area contributed by atoms with Crippen molar-refractivity contribution >= 4 is 17.6 Å². The van der Waals surface area contributed by atoms with Crippen LogP contribution in [0.25, 0.3) is 0 Å². The molecule has 5 heteroatoms. The molecule has 0 radical (unpaired) electrons. The molecule has 1 aromatic carbocycles. The summed E-state index contributed by atoms with van der Waals surface area (Å²) in [4.78, 5) is 21.0. The fourth-order valence-electron chi connectivity index (χ4n) is 1.38. The number of carbonyl (C=O) groups excluding carboxylic acids is 2. The molecule has 0 aliphatic rings. The molecule has 0 saturated heterocycles. The third-order valence-corrected chi connectivity index (χ3v) is 2.21. The van der Waals surface area contributed by atoms with Crippen molar-refractivity contribution in [3.63, 3.8) is 0 Å². The van der Waals surface area contributed by atoms with Gasteiger partial charge in [-0.25, -0.2) is 0 Å². The first-order chi connectivity index (χ1) is 7.49. The lowest BCUT2D eigenvalue weighted by Crippen LogP contribution is -2.37. The van der Waals surface area contributed by atoms with E-state index in [1.54, 1.807) is 24.3 Å². The predicted molar refractivity (Wildman–Crippen MR) is 52.7 cm³/mol. The van der Waals surface area contributed by atoms with E-state index >= 15 is 0 Å². The van der Waals surface area contributed by atoms with E-state index < -0.39 is 24.3 Å². The van der Waals surface area contributed by atoms with Crippen LogP contribution in [0.5, 0.6) is 0 Å². The summed E-state index contributed by atoms with van der Waals surface area (Å²) in [6, 6.07) is 6.56. The maximum Gasteiger partial charge on any atom is 0.0452 e. The van der Waals surface area contributed by atoms with Crippen molar-refractivity contribution in [2.24, 2.45) is 5.92 Å². The van der Waals surface area contributed by atoms with Gasteiger partial charge in [-0.15, -0.1) is 0 Å². The fourth-order valence-corrected chi connectivity index (χ4v) is 1.38. The molecule has 5 nitrogen and oxygen atoms in total. The number of benzene rings is 1. The van der Waals surface area contributed by atoms with Crippen LogP contribution in [0.15, 0.2) is 24.3 Å². The second kappa shape index (κ2) is 5.16. The van der Waals surface area contributed by atoms with Gasteiger partial charge >= 0.3 is 0 Å². The highest BCUT2D eigenvalue weighted by atomic mass is 16.4. The molecular formula is C11H11NO4-2. The van der Waals surface area contributed by atoms with Gasteiger partial charge in [0.1, 0.15) is 0 Å². The number of nitrogen functional groups attached to an aromatic ring is 1. The van der Waals surface area contributed by atoms with Gasteiger partial charge in [0.25, 0.3) is 0 Å². The molecule has 0 amide bonds. The van der Waals surface area contributed by atoms with Gasteiger partial charge in [0.05, 0.1) is 0 Å². The Kier molecular flexibility index (Phi) is 3.88. The van der Waals surface area contributed by atoms with E-state index in [1.807, 2.05) is 0 Å². The van der Waals surface area contributed by atoms with Crippen molar-refractivity contribution in [3.05, 3.63) is 29.8 Å². The van der Waals surface area contributed by atoms with E-state index in [0.29, 0.717) is 11.3 Å². The summed E-state index contributed by atoms with van der Waals surface area (Å²) < 4.78 is 0. The smallest absolute Gasteiger partial charge is 0.0452 e. The van der Waals surface area contributed by atoms with Gasteiger partial charge < -0.3 is 25.5 Å². The second-order valence-electron chi connectivity index (χ2n) is 3.54. The Morgan fingerprint density at radius 3 is 2.19 bits per heavy atom. The number of nitrogens with two attached hydrogens (primary N) is 1. The Balaban J connectivity index is 2.71. The average molecular weight is 221 g/mol. The molecule has 1 rings (SSSR count). The third-order valence-electron chi connectivity index (χ3n) is 2.21. The Morgan fingerprint density at radius 1 is 1.19 bits per heavy atom. The first-order valence-corrected chi connectivity index (χ1v) is 4.74. The summed E-state index contributed by atoms with van der Waals surface area (Å²) in [7, 11) is 0. The van der Waals surface area contributed by atoms with E-state index in [0.717, 1.165) is 0 Å². The summed E-state index contributed by atoms with van der Waals surface area (Å²) >= 11 is 0. The normalized spacial score (nSPS) is 12.0. The van der Waals surface area contributed by atoms with Crippen LogP contribution in [0.2, 0.25) is 0 Å². The van der Waals surface area contributed by atoms with Crippen molar-refractivity contribution in [2.75, 3.05) is 5.73 Å². The van der Waals surface area contributed by atoms with Gasteiger partial charge in [0, 0.05) is 23.5 Å². The van der Waals surface area contributed by atoms with Crippen LogP contribution in [-0.4, -0.2) is 11.9 Å². The van der Waals surface area contributed by atoms with Gasteiger partial charge in [0.15, 0.2) is 0 Å². The predicted octanol–water partition coefficient (Wildman–Crippen LogP) is -1.68. The molecule has 0 spiro atoms. The zero-order chi connectivity index (χ0) is 12.1. The molecule has 16 heavy (non-hydrogen) atoms. The highest BCUT2D eigenvalue weighted by Gasteiger charge is 2.11. The highest BCUT2D eigenvalue weighted by molar-refractivity contribution is 5.75. The van der Waals surface area contributed by atoms with Crippen LogP contribution in [-0.2, 0) is 16.0 Å². The lowest BCUT2D eigenvalue weighted by atomic mass is 9.96. The molecule has 0 bridgehead atoms. The molecule has 0 heterocycles. The van der Waals surface area contributed by atoms with Crippen LogP contribution in [0.1, 0.15) is 12.0 Å². The number of anilines is 1. The second-order valence-corrected chi connectivity index (χ2v) is 3.54. The number of carboxylic acid groups (broad SMARTS) is 2. The van der Waals surface area contributed by atoms with E-state index in [1.165, 1.54) is 0 Å². The highest BCUT2D eigenvalue weighted by Crippen LogP contribution is 2.13. The largest absolute Gasteiger partial charge is 0.550 e. The van der Waals surface area contributed by atoms with E-state index in [-0.39, 0.29) is 6.42 Å². The fraction of sp³-hybridized carbons (Fsp3) is 0.273. The minimum Gasteiger partial charge on any atom is -0.550 e. The molecular weight excluding hydrogens is 210 g/mol. The summed E-state index contributed by atoms with van der Waals surface area (Å²) in [5.41, 5.74) is 6.73.